The molecule has 0 aromatic carbocycles. The Morgan fingerprint density at radius 1 is 0.950 bits per heavy atom. The number of nitrogens with one attached hydrogen (secondary N) is 1. The standard InChI is InChI=1S/C16H30F3N/c1-15(2,3)13-7-6-8-14(10-9-13)20-12-5-4-11-16(17,18)19/h13-14,20H,4-12H2,1-3H3. The van der Waals surface area contributed by atoms with Gasteiger partial charge in [-0.2, -0.15) is 13.2 Å². The molecule has 0 bridgehead atoms. The monoisotopic (exact) mass is 293 g/mol. The summed E-state index contributed by atoms with van der Waals surface area (Å²) in [4.78, 5) is 0. The summed E-state index contributed by atoms with van der Waals surface area (Å²) in [6.07, 6.45) is 2.33. The molecule has 1 saturated carbocycles. The van der Waals surface area contributed by atoms with Crippen LogP contribution in [0.2, 0.25) is 0 Å². The summed E-state index contributed by atoms with van der Waals surface area (Å²) < 4.78 is 36.1. The van der Waals surface area contributed by atoms with Crippen molar-refractivity contribution in [3.8, 4) is 0 Å². The van der Waals surface area contributed by atoms with Gasteiger partial charge in [0.05, 0.1) is 0 Å². The van der Waals surface area contributed by atoms with Gasteiger partial charge >= 0.3 is 6.18 Å². The van der Waals surface area contributed by atoms with Gasteiger partial charge in [-0.3, -0.25) is 0 Å². The molecule has 1 aliphatic rings. The Hall–Kier alpha value is -0.250. The molecule has 0 heterocycles. The van der Waals surface area contributed by atoms with E-state index in [9.17, 15) is 13.2 Å². The van der Waals surface area contributed by atoms with Gasteiger partial charge < -0.3 is 5.32 Å². The summed E-state index contributed by atoms with van der Waals surface area (Å²) >= 11 is 0. The number of hydrogen-bond acceptors (Lipinski definition) is 1. The molecule has 0 aromatic heterocycles. The van der Waals surface area contributed by atoms with Gasteiger partial charge in [-0.25, -0.2) is 0 Å². The fraction of sp³-hybridized carbons (Fsp3) is 1.00. The second-order valence-electron chi connectivity index (χ2n) is 7.29. The second kappa shape index (κ2) is 7.67. The Labute approximate surface area is 121 Å². The number of unbranched alkanes of at least 4 members (excludes halogenated alkanes) is 1. The van der Waals surface area contributed by atoms with E-state index in [1.807, 2.05) is 0 Å². The van der Waals surface area contributed by atoms with E-state index >= 15 is 0 Å². The van der Waals surface area contributed by atoms with E-state index in [0.29, 0.717) is 17.9 Å². The summed E-state index contributed by atoms with van der Waals surface area (Å²) in [5.41, 5.74) is 0.377. The van der Waals surface area contributed by atoms with Gasteiger partial charge in [0.1, 0.15) is 0 Å². The molecule has 0 radical (unpaired) electrons. The minimum absolute atomic E-state index is 0.244. The van der Waals surface area contributed by atoms with E-state index in [0.717, 1.165) is 12.5 Å². The highest BCUT2D eigenvalue weighted by molar-refractivity contribution is 4.81. The zero-order chi connectivity index (χ0) is 15.2. The maximum atomic E-state index is 12.0. The maximum absolute atomic E-state index is 12.0. The first-order valence-corrected chi connectivity index (χ1v) is 7.98. The molecule has 0 aliphatic heterocycles. The highest BCUT2D eigenvalue weighted by atomic mass is 19.4. The van der Waals surface area contributed by atoms with Crippen molar-refractivity contribution in [2.45, 2.75) is 84.4 Å². The molecule has 2 unspecified atom stereocenters. The highest BCUT2D eigenvalue weighted by Crippen LogP contribution is 2.36. The predicted molar refractivity (Wildman–Crippen MR) is 77.7 cm³/mol. The summed E-state index contributed by atoms with van der Waals surface area (Å²) in [6.45, 7) is 7.65. The number of hydrogen-bond donors (Lipinski definition) is 1. The lowest BCUT2D eigenvalue weighted by molar-refractivity contribution is -0.135. The van der Waals surface area contributed by atoms with Gasteiger partial charge in [0, 0.05) is 12.5 Å². The smallest absolute Gasteiger partial charge is 0.314 e. The highest BCUT2D eigenvalue weighted by Gasteiger charge is 2.28. The normalized spacial score (nSPS) is 25.5. The Bertz CT molecular complexity index is 268. The third kappa shape index (κ3) is 7.51. The van der Waals surface area contributed by atoms with Crippen LogP contribution in [0.25, 0.3) is 0 Å². The minimum Gasteiger partial charge on any atom is -0.314 e. The van der Waals surface area contributed by atoms with Crippen LogP contribution in [0.15, 0.2) is 0 Å². The third-order valence-corrected chi connectivity index (χ3v) is 4.51. The Kier molecular flexibility index (Phi) is 6.83. The van der Waals surface area contributed by atoms with Crippen molar-refractivity contribution in [1.82, 2.24) is 5.32 Å². The Morgan fingerprint density at radius 3 is 2.25 bits per heavy atom. The second-order valence-corrected chi connectivity index (χ2v) is 7.29. The van der Waals surface area contributed by atoms with Crippen LogP contribution in [0.1, 0.15) is 72.1 Å². The molecule has 0 saturated heterocycles. The summed E-state index contributed by atoms with van der Waals surface area (Å²) in [7, 11) is 0. The van der Waals surface area contributed by atoms with Gasteiger partial charge in [-0.05, 0) is 56.4 Å². The van der Waals surface area contributed by atoms with Crippen molar-refractivity contribution >= 4 is 0 Å². The van der Waals surface area contributed by atoms with Gasteiger partial charge in [-0.1, -0.05) is 27.2 Å². The average molecular weight is 293 g/mol. The average Bonchev–Trinajstić information content (AvgIpc) is 2.52. The van der Waals surface area contributed by atoms with Crippen LogP contribution in [0.5, 0.6) is 0 Å². The van der Waals surface area contributed by atoms with Crippen molar-refractivity contribution in [1.29, 1.82) is 0 Å². The van der Waals surface area contributed by atoms with Crippen LogP contribution in [0.3, 0.4) is 0 Å². The third-order valence-electron chi connectivity index (χ3n) is 4.51. The van der Waals surface area contributed by atoms with Crippen molar-refractivity contribution in [2.24, 2.45) is 11.3 Å². The number of halogens is 3. The molecule has 1 rings (SSSR count). The van der Waals surface area contributed by atoms with Crippen molar-refractivity contribution in [2.75, 3.05) is 6.54 Å². The molecule has 0 amide bonds. The van der Waals surface area contributed by atoms with Crippen molar-refractivity contribution in [3.05, 3.63) is 0 Å². The van der Waals surface area contributed by atoms with Crippen LogP contribution in [-0.2, 0) is 0 Å². The van der Waals surface area contributed by atoms with E-state index in [-0.39, 0.29) is 6.42 Å². The van der Waals surface area contributed by atoms with E-state index in [1.165, 1.54) is 32.1 Å². The number of alkyl halides is 3. The molecule has 1 fully saturated rings. The molecule has 2 atom stereocenters. The summed E-state index contributed by atoms with van der Waals surface area (Å²) in [5.74, 6) is 0.777. The zero-order valence-corrected chi connectivity index (χ0v) is 13.2. The minimum atomic E-state index is -4.00. The molecule has 0 aromatic rings. The van der Waals surface area contributed by atoms with Gasteiger partial charge in [-0.15, -0.1) is 0 Å². The van der Waals surface area contributed by atoms with E-state index in [4.69, 9.17) is 0 Å². The first kappa shape index (κ1) is 17.8. The molecule has 20 heavy (non-hydrogen) atoms. The Morgan fingerprint density at radius 2 is 1.65 bits per heavy atom. The van der Waals surface area contributed by atoms with E-state index < -0.39 is 12.6 Å². The van der Waals surface area contributed by atoms with Crippen LogP contribution < -0.4 is 5.32 Å². The fourth-order valence-corrected chi connectivity index (χ4v) is 3.13. The lowest BCUT2D eigenvalue weighted by atomic mass is 9.76. The van der Waals surface area contributed by atoms with Crippen LogP contribution >= 0.6 is 0 Å². The lowest BCUT2D eigenvalue weighted by Gasteiger charge is -2.29. The van der Waals surface area contributed by atoms with Gasteiger partial charge in [0.25, 0.3) is 0 Å². The van der Waals surface area contributed by atoms with Crippen molar-refractivity contribution < 1.29 is 13.2 Å². The molecule has 1 nitrogen and oxygen atoms in total. The quantitative estimate of drug-likeness (QED) is 0.535. The van der Waals surface area contributed by atoms with Gasteiger partial charge in [0.15, 0.2) is 0 Å². The SMILES string of the molecule is CC(C)(C)C1CCCC(NCCCCC(F)(F)F)CC1. The number of rotatable bonds is 5. The lowest BCUT2D eigenvalue weighted by Crippen LogP contribution is -2.30. The molecular formula is C16H30F3N. The van der Waals surface area contributed by atoms with E-state index in [2.05, 4.69) is 26.1 Å². The summed E-state index contributed by atoms with van der Waals surface area (Å²) in [6, 6.07) is 0.508. The topological polar surface area (TPSA) is 12.0 Å². The largest absolute Gasteiger partial charge is 0.389 e. The summed E-state index contributed by atoms with van der Waals surface area (Å²) in [5, 5.41) is 3.45. The maximum Gasteiger partial charge on any atom is 0.389 e. The Balaban J connectivity index is 2.16. The molecule has 120 valence electrons. The molecule has 0 spiro atoms. The van der Waals surface area contributed by atoms with E-state index in [1.54, 1.807) is 0 Å². The first-order valence-electron chi connectivity index (χ1n) is 7.98. The first-order chi connectivity index (χ1) is 9.18. The molecule has 4 heteroatoms. The molecular weight excluding hydrogens is 263 g/mol. The fourth-order valence-electron chi connectivity index (χ4n) is 3.13. The van der Waals surface area contributed by atoms with Crippen molar-refractivity contribution in [3.63, 3.8) is 0 Å². The van der Waals surface area contributed by atoms with Gasteiger partial charge in [0.2, 0.25) is 0 Å². The van der Waals surface area contributed by atoms with Crippen LogP contribution in [0.4, 0.5) is 13.2 Å². The van der Waals surface area contributed by atoms with Crippen LogP contribution in [0, 0.1) is 11.3 Å². The predicted octanol–water partition coefficient (Wildman–Crippen LogP) is 5.30. The van der Waals surface area contributed by atoms with Crippen LogP contribution in [-0.4, -0.2) is 18.8 Å². The molecule has 1 N–H and O–H groups in total. The zero-order valence-electron chi connectivity index (χ0n) is 13.2. The molecule has 1 aliphatic carbocycles.